The van der Waals surface area contributed by atoms with E-state index >= 15 is 0 Å². The van der Waals surface area contributed by atoms with Crippen molar-refractivity contribution in [2.75, 3.05) is 11.1 Å². The molecule has 0 aliphatic heterocycles. The lowest BCUT2D eigenvalue weighted by molar-refractivity contribution is -0.138. The lowest BCUT2D eigenvalue weighted by Gasteiger charge is -2.27. The molecule has 1 unspecified atom stereocenters. The molecule has 0 fully saturated rings. The summed E-state index contributed by atoms with van der Waals surface area (Å²) in [5.41, 5.74) is 8.20. The van der Waals surface area contributed by atoms with Crippen molar-refractivity contribution < 1.29 is 49.5 Å². The summed E-state index contributed by atoms with van der Waals surface area (Å²) in [6, 6.07) is 14.0. The van der Waals surface area contributed by atoms with Crippen molar-refractivity contribution in [1.82, 2.24) is 4.90 Å². The van der Waals surface area contributed by atoms with Crippen LogP contribution in [0.3, 0.4) is 0 Å². The quantitative estimate of drug-likeness (QED) is 0.106. The van der Waals surface area contributed by atoms with E-state index in [9.17, 15) is 49.5 Å². The number of alkyl halides is 6. The van der Waals surface area contributed by atoms with Crippen molar-refractivity contribution in [3.63, 3.8) is 0 Å². The largest absolute Gasteiger partial charge is 0.416 e. The summed E-state index contributed by atoms with van der Waals surface area (Å²) < 4.78 is 109. The minimum absolute atomic E-state index is 0.0587. The van der Waals surface area contributed by atoms with Crippen molar-refractivity contribution >= 4 is 29.1 Å². The Morgan fingerprint density at radius 3 is 1.66 bits per heavy atom. The summed E-state index contributed by atoms with van der Waals surface area (Å²) in [5.74, 6) is -7.61. The molecular weight excluding hydrogens is 640 g/mol. The Labute approximate surface area is 261 Å². The summed E-state index contributed by atoms with van der Waals surface area (Å²) >= 11 is 0. The number of carbonyl (C=O) groups is 3. The van der Waals surface area contributed by atoms with Gasteiger partial charge in [0.2, 0.25) is 11.8 Å². The number of nitrogen functional groups attached to an aromatic ring is 1. The van der Waals surface area contributed by atoms with Crippen LogP contribution in [0.4, 0.5) is 46.5 Å². The molecule has 1 atom stereocenters. The van der Waals surface area contributed by atoms with E-state index in [1.165, 1.54) is 24.3 Å². The molecule has 246 valence electrons. The number of anilines is 2. The van der Waals surface area contributed by atoms with Gasteiger partial charge in [0.25, 0.3) is 5.91 Å². The number of halogens is 8. The van der Waals surface area contributed by atoms with Crippen LogP contribution in [0, 0.1) is 11.6 Å². The number of nitrogens with zero attached hydrogens (tertiary/aromatic N) is 1. The number of amides is 3. The Morgan fingerprint density at radius 2 is 1.21 bits per heavy atom. The summed E-state index contributed by atoms with van der Waals surface area (Å²) in [6.45, 7) is -1.69. The van der Waals surface area contributed by atoms with Crippen LogP contribution < -0.4 is 16.8 Å². The maximum Gasteiger partial charge on any atom is 0.416 e. The molecular formula is C32H24F8N4O3. The van der Waals surface area contributed by atoms with Gasteiger partial charge in [0.1, 0.15) is 17.6 Å². The number of nitrogens with two attached hydrogens (primary N) is 2. The van der Waals surface area contributed by atoms with Gasteiger partial charge in [-0.15, -0.1) is 0 Å². The molecule has 0 aliphatic carbocycles. The van der Waals surface area contributed by atoms with Crippen molar-refractivity contribution in [2.24, 2.45) is 5.73 Å². The Morgan fingerprint density at radius 1 is 0.723 bits per heavy atom. The first kappa shape index (κ1) is 34.4. The Bertz CT molecular complexity index is 1740. The second kappa shape index (κ2) is 13.5. The van der Waals surface area contributed by atoms with Crippen molar-refractivity contribution in [1.29, 1.82) is 0 Å². The van der Waals surface area contributed by atoms with Gasteiger partial charge >= 0.3 is 12.4 Å². The van der Waals surface area contributed by atoms with Gasteiger partial charge in [0, 0.05) is 18.7 Å². The van der Waals surface area contributed by atoms with Gasteiger partial charge in [-0.1, -0.05) is 24.3 Å². The highest BCUT2D eigenvalue weighted by Gasteiger charge is 2.35. The van der Waals surface area contributed by atoms with Gasteiger partial charge in [-0.2, -0.15) is 26.3 Å². The smallest absolute Gasteiger partial charge is 0.397 e. The molecule has 47 heavy (non-hydrogen) atoms. The fourth-order valence-corrected chi connectivity index (χ4v) is 4.71. The van der Waals surface area contributed by atoms with Gasteiger partial charge in [-0.3, -0.25) is 14.4 Å². The standard InChI is InChI=1S/C32H24F8N4O3/c33-23-11-17(9-21(13-23)31(35,36)37)15-44(16-18-10-22(32(38,39)40)14-24(34)12-18)30(47)27(28(42)45)19-5-7-20(8-6-19)29(46)43-26-4-2-1-3-25(26)41/h1-14,27H,15-16,41H2,(H2,42,45)(H,43,46). The van der Waals surface area contributed by atoms with E-state index in [1.54, 1.807) is 24.3 Å². The van der Waals surface area contributed by atoms with Crippen LogP contribution in [0.15, 0.2) is 84.9 Å². The van der Waals surface area contributed by atoms with E-state index in [4.69, 9.17) is 11.5 Å². The topological polar surface area (TPSA) is 119 Å². The first-order valence-corrected chi connectivity index (χ1v) is 13.5. The molecule has 4 rings (SSSR count). The molecule has 0 bridgehead atoms. The van der Waals surface area contributed by atoms with Gasteiger partial charge in [0.05, 0.1) is 22.5 Å². The molecule has 15 heteroatoms. The lowest BCUT2D eigenvalue weighted by Crippen LogP contribution is -2.40. The number of benzene rings is 4. The number of nitrogens with one attached hydrogen (secondary N) is 1. The SMILES string of the molecule is NC(=O)C(C(=O)N(Cc1cc(F)cc(C(F)(F)F)c1)Cc1cc(F)cc(C(F)(F)F)c1)c1ccc(C(=O)Nc2ccccc2N)cc1. The number of carbonyl (C=O) groups excluding carboxylic acids is 3. The maximum absolute atomic E-state index is 14.2. The summed E-state index contributed by atoms with van der Waals surface area (Å²) in [6.07, 6.45) is -9.99. The third-order valence-electron chi connectivity index (χ3n) is 6.88. The average Bonchev–Trinajstić information content (AvgIpc) is 2.97. The zero-order valence-corrected chi connectivity index (χ0v) is 23.9. The first-order valence-electron chi connectivity index (χ1n) is 13.5. The molecule has 3 amide bonds. The minimum atomic E-state index is -4.99. The molecule has 0 saturated carbocycles. The van der Waals surface area contributed by atoms with E-state index in [2.05, 4.69) is 5.32 Å². The molecule has 0 spiro atoms. The van der Waals surface area contributed by atoms with E-state index in [0.717, 1.165) is 0 Å². The average molecular weight is 665 g/mol. The van der Waals surface area contributed by atoms with Crippen molar-refractivity contribution in [2.45, 2.75) is 31.4 Å². The van der Waals surface area contributed by atoms with E-state index in [-0.39, 0.29) is 28.9 Å². The van der Waals surface area contributed by atoms with Crippen molar-refractivity contribution in [3.8, 4) is 0 Å². The third-order valence-corrected chi connectivity index (χ3v) is 6.88. The van der Waals surface area contributed by atoms with Gasteiger partial charge < -0.3 is 21.7 Å². The van der Waals surface area contributed by atoms with Crippen molar-refractivity contribution in [3.05, 3.63) is 130 Å². The fourth-order valence-electron chi connectivity index (χ4n) is 4.71. The zero-order chi connectivity index (χ0) is 34.7. The van der Waals surface area contributed by atoms with Crippen LogP contribution in [0.2, 0.25) is 0 Å². The minimum Gasteiger partial charge on any atom is -0.397 e. The highest BCUT2D eigenvalue weighted by atomic mass is 19.4. The molecule has 4 aromatic rings. The highest BCUT2D eigenvalue weighted by molar-refractivity contribution is 6.07. The molecule has 5 N–H and O–H groups in total. The number of para-hydroxylation sites is 2. The first-order chi connectivity index (χ1) is 21.9. The third kappa shape index (κ3) is 8.62. The zero-order valence-electron chi connectivity index (χ0n) is 23.9. The normalized spacial score (nSPS) is 12.3. The van der Waals surface area contributed by atoms with Crippen LogP contribution in [-0.2, 0) is 35.0 Å². The molecule has 0 heterocycles. The number of hydrogen-bond donors (Lipinski definition) is 3. The van der Waals surface area contributed by atoms with Gasteiger partial charge in [-0.05, 0) is 77.4 Å². The fraction of sp³-hybridized carbons (Fsp3) is 0.156. The van der Waals surface area contributed by atoms with Crippen LogP contribution in [0.5, 0.6) is 0 Å². The van der Waals surface area contributed by atoms with E-state index < -0.39 is 83.0 Å². The van der Waals surface area contributed by atoms with Gasteiger partial charge in [-0.25, -0.2) is 8.78 Å². The summed E-state index contributed by atoms with van der Waals surface area (Å²) in [5, 5.41) is 2.58. The second-order valence-electron chi connectivity index (χ2n) is 10.4. The number of primary amides is 1. The van der Waals surface area contributed by atoms with Crippen LogP contribution in [-0.4, -0.2) is 22.6 Å². The summed E-state index contributed by atoms with van der Waals surface area (Å²) in [4.78, 5) is 39.8. The highest BCUT2D eigenvalue weighted by Crippen LogP contribution is 2.33. The molecule has 7 nitrogen and oxygen atoms in total. The number of hydrogen-bond acceptors (Lipinski definition) is 4. The lowest BCUT2D eigenvalue weighted by atomic mass is 9.95. The van der Waals surface area contributed by atoms with Crippen LogP contribution in [0.25, 0.3) is 0 Å². The molecule has 0 aromatic heterocycles. The Kier molecular flexibility index (Phi) is 9.87. The molecule has 4 aromatic carbocycles. The molecule has 0 aliphatic rings. The monoisotopic (exact) mass is 664 g/mol. The molecule has 0 saturated heterocycles. The predicted molar refractivity (Wildman–Crippen MR) is 154 cm³/mol. The van der Waals surface area contributed by atoms with E-state index in [1.807, 2.05) is 0 Å². The molecule has 0 radical (unpaired) electrons. The predicted octanol–water partition coefficient (Wildman–Crippen LogP) is 6.63. The van der Waals surface area contributed by atoms with Crippen LogP contribution in [0.1, 0.15) is 44.1 Å². The maximum atomic E-state index is 14.2. The van der Waals surface area contributed by atoms with Crippen LogP contribution >= 0.6 is 0 Å². The Hall–Kier alpha value is -5.47. The summed E-state index contributed by atoms with van der Waals surface area (Å²) in [7, 11) is 0. The second-order valence-corrected chi connectivity index (χ2v) is 10.4. The van der Waals surface area contributed by atoms with Gasteiger partial charge in [0.15, 0.2) is 0 Å². The number of rotatable bonds is 9. The van der Waals surface area contributed by atoms with E-state index in [0.29, 0.717) is 34.9 Å². The Balaban J connectivity index is 1.71.